The van der Waals surface area contributed by atoms with Crippen molar-refractivity contribution in [3.63, 3.8) is 0 Å². The highest BCUT2D eigenvalue weighted by Gasteiger charge is 2.05. The maximum Gasteiger partial charge on any atom is 0.123 e. The van der Waals surface area contributed by atoms with Gasteiger partial charge in [-0.1, -0.05) is 0 Å². The maximum atomic E-state index is 12.8. The van der Waals surface area contributed by atoms with Crippen LogP contribution < -0.4 is 4.90 Å². The van der Waals surface area contributed by atoms with E-state index in [-0.39, 0.29) is 5.82 Å². The minimum absolute atomic E-state index is 0.159. The summed E-state index contributed by atoms with van der Waals surface area (Å²) in [7, 11) is 0. The maximum absolute atomic E-state index is 12.8. The molecule has 0 aromatic heterocycles. The molecule has 72 valence electrons. The van der Waals surface area contributed by atoms with Crippen molar-refractivity contribution in [2.24, 2.45) is 0 Å². The summed E-state index contributed by atoms with van der Waals surface area (Å²) < 4.78 is 12.8. The topological polar surface area (TPSA) is 3.24 Å². The molecular weight excluding hydrogens is 165 g/mol. The van der Waals surface area contributed by atoms with Gasteiger partial charge in [0.15, 0.2) is 0 Å². The second-order valence-electron chi connectivity index (χ2n) is 3.10. The Morgan fingerprint density at radius 1 is 1.23 bits per heavy atom. The Hall–Kier alpha value is -1.05. The lowest BCUT2D eigenvalue weighted by Crippen LogP contribution is -2.22. The summed E-state index contributed by atoms with van der Waals surface area (Å²) in [6.07, 6.45) is 0. The summed E-state index contributed by atoms with van der Waals surface area (Å²) in [5.74, 6) is -0.159. The Morgan fingerprint density at radius 3 is 2.31 bits per heavy atom. The highest BCUT2D eigenvalue weighted by atomic mass is 19.1. The van der Waals surface area contributed by atoms with Crippen LogP contribution in [0.3, 0.4) is 0 Å². The predicted octanol–water partition coefficient (Wildman–Crippen LogP) is 2.98. The van der Waals surface area contributed by atoms with Crippen LogP contribution >= 0.6 is 0 Å². The van der Waals surface area contributed by atoms with E-state index >= 15 is 0 Å². The van der Waals surface area contributed by atoms with E-state index in [1.54, 1.807) is 6.07 Å². The molecule has 0 spiro atoms. The normalized spacial score (nSPS) is 10.2. The van der Waals surface area contributed by atoms with E-state index in [0.29, 0.717) is 0 Å². The number of hydrogen-bond acceptors (Lipinski definition) is 1. The van der Waals surface area contributed by atoms with E-state index in [9.17, 15) is 4.39 Å². The van der Waals surface area contributed by atoms with Gasteiger partial charge in [-0.3, -0.25) is 0 Å². The average Bonchev–Trinajstić information content (AvgIpc) is 2.10. The summed E-state index contributed by atoms with van der Waals surface area (Å²) in [6, 6.07) is 4.94. The van der Waals surface area contributed by atoms with Gasteiger partial charge in [-0.25, -0.2) is 4.39 Å². The van der Waals surface area contributed by atoms with Gasteiger partial charge in [0.2, 0.25) is 0 Å². The SMILES string of the molecule is CCN(CC)c1ccc(F)cc1C. The fourth-order valence-corrected chi connectivity index (χ4v) is 1.54. The van der Waals surface area contributed by atoms with Crippen molar-refractivity contribution >= 4 is 5.69 Å². The first-order chi connectivity index (χ1) is 6.19. The molecule has 0 heterocycles. The molecule has 0 aliphatic heterocycles. The molecule has 1 aromatic carbocycles. The second-order valence-corrected chi connectivity index (χ2v) is 3.10. The van der Waals surface area contributed by atoms with E-state index in [0.717, 1.165) is 24.3 Å². The quantitative estimate of drug-likeness (QED) is 0.693. The van der Waals surface area contributed by atoms with Crippen molar-refractivity contribution in [3.05, 3.63) is 29.6 Å². The first-order valence-electron chi connectivity index (χ1n) is 4.70. The molecule has 0 saturated heterocycles. The minimum atomic E-state index is -0.159. The molecule has 1 aromatic rings. The third-order valence-corrected chi connectivity index (χ3v) is 2.26. The first kappa shape index (κ1) is 10.0. The van der Waals surface area contributed by atoms with E-state index < -0.39 is 0 Å². The van der Waals surface area contributed by atoms with E-state index in [4.69, 9.17) is 0 Å². The van der Waals surface area contributed by atoms with Gasteiger partial charge in [0.1, 0.15) is 5.82 Å². The lowest BCUT2D eigenvalue weighted by Gasteiger charge is -2.22. The van der Waals surface area contributed by atoms with Gasteiger partial charge in [0.05, 0.1) is 0 Å². The summed E-state index contributed by atoms with van der Waals surface area (Å²) in [5.41, 5.74) is 2.13. The molecule has 0 aliphatic carbocycles. The van der Waals surface area contributed by atoms with Gasteiger partial charge in [-0.15, -0.1) is 0 Å². The van der Waals surface area contributed by atoms with Crippen LogP contribution in [-0.2, 0) is 0 Å². The van der Waals surface area contributed by atoms with E-state index in [2.05, 4.69) is 18.7 Å². The van der Waals surface area contributed by atoms with E-state index in [1.165, 1.54) is 6.07 Å². The summed E-state index contributed by atoms with van der Waals surface area (Å²) in [4.78, 5) is 2.22. The number of benzene rings is 1. The van der Waals surface area contributed by atoms with Crippen LogP contribution in [0, 0.1) is 12.7 Å². The smallest absolute Gasteiger partial charge is 0.123 e. The molecule has 0 radical (unpaired) electrons. The minimum Gasteiger partial charge on any atom is -0.372 e. The number of hydrogen-bond donors (Lipinski definition) is 0. The number of rotatable bonds is 3. The molecule has 0 amide bonds. The number of halogens is 1. The Labute approximate surface area is 79.2 Å². The molecule has 0 N–H and O–H groups in total. The van der Waals surface area contributed by atoms with Crippen LogP contribution in [0.15, 0.2) is 18.2 Å². The van der Waals surface area contributed by atoms with Crippen molar-refractivity contribution < 1.29 is 4.39 Å². The van der Waals surface area contributed by atoms with Crippen LogP contribution in [0.4, 0.5) is 10.1 Å². The Bertz CT molecular complexity index is 279. The molecule has 2 heteroatoms. The molecule has 13 heavy (non-hydrogen) atoms. The molecule has 0 saturated carbocycles. The third-order valence-electron chi connectivity index (χ3n) is 2.26. The van der Waals surface area contributed by atoms with Gasteiger partial charge >= 0.3 is 0 Å². The van der Waals surface area contributed by atoms with Gasteiger partial charge in [-0.2, -0.15) is 0 Å². The average molecular weight is 181 g/mol. The lowest BCUT2D eigenvalue weighted by molar-refractivity contribution is 0.626. The summed E-state index contributed by atoms with van der Waals surface area (Å²) in [6.45, 7) is 8.07. The fraction of sp³-hybridized carbons (Fsp3) is 0.455. The fourth-order valence-electron chi connectivity index (χ4n) is 1.54. The van der Waals surface area contributed by atoms with Gasteiger partial charge < -0.3 is 4.90 Å². The highest BCUT2D eigenvalue weighted by molar-refractivity contribution is 5.52. The van der Waals surface area contributed by atoms with Crippen molar-refractivity contribution in [1.82, 2.24) is 0 Å². The van der Waals surface area contributed by atoms with Gasteiger partial charge in [0.25, 0.3) is 0 Å². The van der Waals surface area contributed by atoms with Crippen molar-refractivity contribution in [1.29, 1.82) is 0 Å². The monoisotopic (exact) mass is 181 g/mol. The zero-order chi connectivity index (χ0) is 9.84. The summed E-state index contributed by atoms with van der Waals surface area (Å²) >= 11 is 0. The lowest BCUT2D eigenvalue weighted by atomic mass is 10.2. The standard InChI is InChI=1S/C11H16FN/c1-4-13(5-2)11-7-6-10(12)8-9(11)3/h6-8H,4-5H2,1-3H3. The van der Waals surface area contributed by atoms with E-state index in [1.807, 2.05) is 13.0 Å². The number of anilines is 1. The van der Waals surface area contributed by atoms with Crippen LogP contribution in [0.1, 0.15) is 19.4 Å². The predicted molar refractivity (Wildman–Crippen MR) is 54.7 cm³/mol. The van der Waals surface area contributed by atoms with Crippen LogP contribution in [-0.4, -0.2) is 13.1 Å². The van der Waals surface area contributed by atoms with Crippen molar-refractivity contribution in [2.45, 2.75) is 20.8 Å². The Kier molecular flexibility index (Phi) is 3.29. The first-order valence-corrected chi connectivity index (χ1v) is 4.70. The molecule has 0 unspecified atom stereocenters. The highest BCUT2D eigenvalue weighted by Crippen LogP contribution is 2.20. The molecular formula is C11H16FN. The molecule has 1 nitrogen and oxygen atoms in total. The van der Waals surface area contributed by atoms with Crippen LogP contribution in [0.5, 0.6) is 0 Å². The second kappa shape index (κ2) is 4.26. The largest absolute Gasteiger partial charge is 0.372 e. The van der Waals surface area contributed by atoms with Gasteiger partial charge in [0, 0.05) is 18.8 Å². The Balaban J connectivity index is 2.99. The van der Waals surface area contributed by atoms with Crippen molar-refractivity contribution in [3.8, 4) is 0 Å². The molecule has 0 atom stereocenters. The van der Waals surface area contributed by atoms with Gasteiger partial charge in [-0.05, 0) is 44.5 Å². The molecule has 0 fully saturated rings. The molecule has 0 aliphatic rings. The Morgan fingerprint density at radius 2 is 1.85 bits per heavy atom. The summed E-state index contributed by atoms with van der Waals surface area (Å²) in [5, 5.41) is 0. The van der Waals surface area contributed by atoms with Crippen molar-refractivity contribution in [2.75, 3.05) is 18.0 Å². The van der Waals surface area contributed by atoms with Crippen LogP contribution in [0.25, 0.3) is 0 Å². The number of aryl methyl sites for hydroxylation is 1. The van der Waals surface area contributed by atoms with Crippen LogP contribution in [0.2, 0.25) is 0 Å². The molecule has 0 bridgehead atoms. The zero-order valence-corrected chi connectivity index (χ0v) is 8.47. The molecule has 1 rings (SSSR count). The number of nitrogens with zero attached hydrogens (tertiary/aromatic N) is 1. The zero-order valence-electron chi connectivity index (χ0n) is 8.47. The third kappa shape index (κ3) is 2.20.